The molecule has 1 atom stereocenters. The van der Waals surface area contributed by atoms with Crippen LogP contribution >= 0.6 is 0 Å². The first-order chi connectivity index (χ1) is 14.0. The maximum absolute atomic E-state index is 12.8. The van der Waals surface area contributed by atoms with Crippen molar-refractivity contribution in [2.45, 2.75) is 64.5 Å². The van der Waals surface area contributed by atoms with Crippen LogP contribution in [0.5, 0.6) is 0 Å². The summed E-state index contributed by atoms with van der Waals surface area (Å²) in [7, 11) is 0. The van der Waals surface area contributed by atoms with Gasteiger partial charge in [-0.2, -0.15) is 0 Å². The second kappa shape index (κ2) is 8.35. The minimum absolute atomic E-state index is 0.0546. The van der Waals surface area contributed by atoms with E-state index in [0.29, 0.717) is 29.6 Å². The molecule has 154 valence electrons. The molecule has 2 aliphatic heterocycles. The van der Waals surface area contributed by atoms with Gasteiger partial charge in [-0.3, -0.25) is 14.2 Å². The Morgan fingerprint density at radius 2 is 1.97 bits per heavy atom. The van der Waals surface area contributed by atoms with E-state index < -0.39 is 5.97 Å². The number of likely N-dealkylation sites (tertiary alicyclic amines) is 1. The minimum Gasteiger partial charge on any atom is -0.452 e. The largest absolute Gasteiger partial charge is 0.452 e. The average molecular weight is 397 g/mol. The maximum Gasteiger partial charge on any atom is 0.338 e. The van der Waals surface area contributed by atoms with Crippen LogP contribution in [-0.2, 0) is 22.5 Å². The smallest absolute Gasteiger partial charge is 0.338 e. The first-order valence-corrected chi connectivity index (χ1v) is 10.5. The van der Waals surface area contributed by atoms with E-state index >= 15 is 0 Å². The van der Waals surface area contributed by atoms with E-state index in [4.69, 9.17) is 4.74 Å². The third kappa shape index (κ3) is 4.04. The molecule has 2 aromatic rings. The lowest BCUT2D eigenvalue weighted by Gasteiger charge is -2.33. The van der Waals surface area contributed by atoms with Crippen LogP contribution in [0.2, 0.25) is 0 Å². The van der Waals surface area contributed by atoms with Crippen molar-refractivity contribution in [1.82, 2.24) is 14.5 Å². The molecule has 0 unspecified atom stereocenters. The number of benzene rings is 1. The molecule has 2 aliphatic rings. The predicted octanol–water partition coefficient (Wildman–Crippen LogP) is 2.68. The quantitative estimate of drug-likeness (QED) is 0.744. The highest BCUT2D eigenvalue weighted by Crippen LogP contribution is 2.18. The molecule has 0 saturated carbocycles. The van der Waals surface area contributed by atoms with Gasteiger partial charge in [-0.25, -0.2) is 9.78 Å². The number of amides is 1. The Labute approximate surface area is 169 Å². The molecule has 1 fully saturated rings. The van der Waals surface area contributed by atoms with Gasteiger partial charge < -0.3 is 9.64 Å². The predicted molar refractivity (Wildman–Crippen MR) is 109 cm³/mol. The van der Waals surface area contributed by atoms with Gasteiger partial charge in [-0.1, -0.05) is 6.42 Å². The molecule has 0 spiro atoms. The van der Waals surface area contributed by atoms with Crippen LogP contribution in [0, 0.1) is 0 Å². The molecular weight excluding hydrogens is 370 g/mol. The van der Waals surface area contributed by atoms with Gasteiger partial charge in [-0.15, -0.1) is 0 Å². The highest BCUT2D eigenvalue weighted by Gasteiger charge is 2.24. The number of rotatable bonds is 3. The SMILES string of the molecule is C[C@H]1CCCCN1C(=O)COC(=O)c1ccc2c(=O)n3c(nc2c1)CCCCC3. The zero-order chi connectivity index (χ0) is 20.4. The zero-order valence-corrected chi connectivity index (χ0v) is 16.9. The van der Waals surface area contributed by atoms with Crippen LogP contribution < -0.4 is 5.56 Å². The molecule has 1 saturated heterocycles. The van der Waals surface area contributed by atoms with E-state index in [-0.39, 0.29) is 24.1 Å². The summed E-state index contributed by atoms with van der Waals surface area (Å²) in [6, 6.07) is 4.99. The normalized spacial score (nSPS) is 19.5. The molecule has 3 heterocycles. The molecule has 0 N–H and O–H groups in total. The number of carbonyl (C=O) groups is 2. The van der Waals surface area contributed by atoms with E-state index in [1.807, 2.05) is 6.92 Å². The number of piperidine rings is 1. The van der Waals surface area contributed by atoms with Gasteiger partial charge in [0.1, 0.15) is 5.82 Å². The summed E-state index contributed by atoms with van der Waals surface area (Å²) < 4.78 is 7.02. The third-order valence-electron chi connectivity index (χ3n) is 6.00. The zero-order valence-electron chi connectivity index (χ0n) is 16.9. The summed E-state index contributed by atoms with van der Waals surface area (Å²) in [6.07, 6.45) is 6.93. The Morgan fingerprint density at radius 1 is 1.14 bits per heavy atom. The van der Waals surface area contributed by atoms with Crippen LogP contribution in [0.15, 0.2) is 23.0 Å². The van der Waals surface area contributed by atoms with Crippen molar-refractivity contribution in [1.29, 1.82) is 0 Å². The summed E-state index contributed by atoms with van der Waals surface area (Å²) in [6.45, 7) is 3.17. The number of aromatic nitrogens is 2. The van der Waals surface area contributed by atoms with Crippen molar-refractivity contribution in [3.63, 3.8) is 0 Å². The summed E-state index contributed by atoms with van der Waals surface area (Å²) in [5, 5.41) is 0.505. The number of carbonyl (C=O) groups excluding carboxylic acids is 2. The van der Waals surface area contributed by atoms with Crippen LogP contribution in [0.3, 0.4) is 0 Å². The number of ether oxygens (including phenoxy) is 1. The first kappa shape index (κ1) is 19.6. The number of hydrogen-bond donors (Lipinski definition) is 0. The molecule has 1 aromatic heterocycles. The van der Waals surface area contributed by atoms with E-state index in [9.17, 15) is 14.4 Å². The molecular formula is C22H27N3O4. The van der Waals surface area contributed by atoms with Crippen LogP contribution in [0.25, 0.3) is 10.9 Å². The van der Waals surface area contributed by atoms with Gasteiger partial charge in [0.15, 0.2) is 6.61 Å². The van der Waals surface area contributed by atoms with E-state index in [0.717, 1.165) is 50.8 Å². The Balaban J connectivity index is 1.51. The Hall–Kier alpha value is -2.70. The topological polar surface area (TPSA) is 81.5 Å². The second-order valence-corrected chi connectivity index (χ2v) is 8.04. The summed E-state index contributed by atoms with van der Waals surface area (Å²) in [5.74, 6) is 0.0505. The Kier molecular flexibility index (Phi) is 5.65. The number of hydrogen-bond acceptors (Lipinski definition) is 5. The molecule has 0 bridgehead atoms. The number of aryl methyl sites for hydroxylation is 1. The van der Waals surface area contributed by atoms with Gasteiger partial charge in [0.05, 0.1) is 16.5 Å². The van der Waals surface area contributed by atoms with Gasteiger partial charge in [0.25, 0.3) is 11.5 Å². The molecule has 1 amide bonds. The molecule has 29 heavy (non-hydrogen) atoms. The van der Waals surface area contributed by atoms with Gasteiger partial charge >= 0.3 is 5.97 Å². The van der Waals surface area contributed by atoms with Crippen LogP contribution in [0.4, 0.5) is 0 Å². The second-order valence-electron chi connectivity index (χ2n) is 8.04. The molecule has 4 rings (SSSR count). The molecule has 0 aliphatic carbocycles. The lowest BCUT2D eigenvalue weighted by atomic mass is 10.0. The molecule has 1 aromatic carbocycles. The van der Waals surface area contributed by atoms with E-state index in [1.165, 1.54) is 0 Å². The summed E-state index contributed by atoms with van der Waals surface area (Å²) >= 11 is 0. The number of nitrogens with zero attached hydrogens (tertiary/aromatic N) is 3. The van der Waals surface area contributed by atoms with Crippen LogP contribution in [0.1, 0.15) is 61.6 Å². The molecule has 0 radical (unpaired) electrons. The lowest BCUT2D eigenvalue weighted by Crippen LogP contribution is -2.44. The Bertz CT molecular complexity index is 997. The molecule has 7 heteroatoms. The molecule has 7 nitrogen and oxygen atoms in total. The number of fused-ring (bicyclic) bond motifs is 2. The highest BCUT2D eigenvalue weighted by molar-refractivity contribution is 5.95. The van der Waals surface area contributed by atoms with Crippen molar-refractivity contribution in [3.8, 4) is 0 Å². The van der Waals surface area contributed by atoms with Gasteiger partial charge in [0, 0.05) is 25.6 Å². The fourth-order valence-electron chi connectivity index (χ4n) is 4.31. The van der Waals surface area contributed by atoms with Crippen molar-refractivity contribution >= 4 is 22.8 Å². The standard InChI is InChI=1S/C22H27N3O4/c1-15-7-4-6-11-24(15)20(26)14-29-22(28)16-9-10-17-18(13-16)23-19-8-3-2-5-12-25(19)21(17)27/h9-10,13,15H,2-8,11-12,14H2,1H3/t15-/m0/s1. The van der Waals surface area contributed by atoms with Crippen molar-refractivity contribution < 1.29 is 14.3 Å². The van der Waals surface area contributed by atoms with E-state index in [2.05, 4.69) is 4.98 Å². The fraction of sp³-hybridized carbons (Fsp3) is 0.545. The average Bonchev–Trinajstić information content (AvgIpc) is 2.97. The maximum atomic E-state index is 12.8. The van der Waals surface area contributed by atoms with Crippen molar-refractivity contribution in [2.24, 2.45) is 0 Å². The van der Waals surface area contributed by atoms with Gasteiger partial charge in [0.2, 0.25) is 0 Å². The Morgan fingerprint density at radius 3 is 2.79 bits per heavy atom. The minimum atomic E-state index is -0.568. The van der Waals surface area contributed by atoms with Crippen molar-refractivity contribution in [3.05, 3.63) is 39.9 Å². The van der Waals surface area contributed by atoms with E-state index in [1.54, 1.807) is 27.7 Å². The van der Waals surface area contributed by atoms with Crippen molar-refractivity contribution in [2.75, 3.05) is 13.2 Å². The first-order valence-electron chi connectivity index (χ1n) is 10.5. The summed E-state index contributed by atoms with van der Waals surface area (Å²) in [4.78, 5) is 44.1. The van der Waals surface area contributed by atoms with Crippen LogP contribution in [-0.4, -0.2) is 45.5 Å². The van der Waals surface area contributed by atoms with Gasteiger partial charge in [-0.05, 0) is 57.2 Å². The summed E-state index contributed by atoms with van der Waals surface area (Å²) in [5.41, 5.74) is 0.761. The lowest BCUT2D eigenvalue weighted by molar-refractivity contribution is -0.137. The third-order valence-corrected chi connectivity index (χ3v) is 6.00. The monoisotopic (exact) mass is 397 g/mol. The number of esters is 1. The highest BCUT2D eigenvalue weighted by atomic mass is 16.5. The fourth-order valence-corrected chi connectivity index (χ4v) is 4.31.